The van der Waals surface area contributed by atoms with Crippen LogP contribution in [0.1, 0.15) is 40.3 Å². The summed E-state index contributed by atoms with van der Waals surface area (Å²) >= 11 is 8.05. The summed E-state index contributed by atoms with van der Waals surface area (Å²) in [6, 6.07) is 9.06. The number of aryl methyl sites for hydroxylation is 2. The van der Waals surface area contributed by atoms with Crippen LogP contribution in [0.25, 0.3) is 0 Å². The molecular weight excluding hydrogens is 445 g/mol. The molecule has 0 aliphatic rings. The summed E-state index contributed by atoms with van der Waals surface area (Å²) in [5.41, 5.74) is 2.72. The highest BCUT2D eigenvalue weighted by atomic mass is 127. The lowest BCUT2D eigenvalue weighted by Crippen LogP contribution is -2.23. The van der Waals surface area contributed by atoms with Crippen molar-refractivity contribution in [3.8, 4) is 0 Å². The molecule has 1 aromatic heterocycles. The Labute approximate surface area is 147 Å². The lowest BCUT2D eigenvalue weighted by atomic mass is 10.0. The molecule has 0 saturated carbocycles. The van der Waals surface area contributed by atoms with Gasteiger partial charge in [0, 0.05) is 17.8 Å². The molecule has 1 heterocycles. The van der Waals surface area contributed by atoms with Crippen molar-refractivity contribution in [2.75, 3.05) is 6.54 Å². The van der Waals surface area contributed by atoms with E-state index in [1.807, 2.05) is 11.3 Å². The van der Waals surface area contributed by atoms with Gasteiger partial charge in [0.25, 0.3) is 0 Å². The fraction of sp³-hybridized carbons (Fsp3) is 0.375. The average Bonchev–Trinajstić information content (AvgIpc) is 2.74. The summed E-state index contributed by atoms with van der Waals surface area (Å²) in [6.45, 7) is 7.58. The topological polar surface area (TPSA) is 12.0 Å². The number of hydrogen-bond donors (Lipinski definition) is 1. The first-order valence-corrected chi connectivity index (χ1v) is 9.47. The van der Waals surface area contributed by atoms with Crippen LogP contribution in [-0.4, -0.2) is 6.54 Å². The zero-order chi connectivity index (χ0) is 14.7. The van der Waals surface area contributed by atoms with E-state index >= 15 is 0 Å². The van der Waals surface area contributed by atoms with E-state index in [1.54, 1.807) is 0 Å². The van der Waals surface area contributed by atoms with Crippen LogP contribution in [0.5, 0.6) is 0 Å². The molecule has 0 aliphatic heterocycles. The predicted octanol–water partition coefficient (Wildman–Crippen LogP) is 5.82. The summed E-state index contributed by atoms with van der Waals surface area (Å²) in [7, 11) is 0. The van der Waals surface area contributed by atoms with E-state index in [4.69, 9.17) is 0 Å². The van der Waals surface area contributed by atoms with Gasteiger partial charge in [-0.3, -0.25) is 0 Å². The minimum absolute atomic E-state index is 0.273. The van der Waals surface area contributed by atoms with Gasteiger partial charge in [-0.25, -0.2) is 0 Å². The Bertz CT molecular complexity index is 594. The molecule has 1 aromatic carbocycles. The highest BCUT2D eigenvalue weighted by Gasteiger charge is 2.21. The van der Waals surface area contributed by atoms with Crippen molar-refractivity contribution in [3.05, 3.63) is 53.2 Å². The molecule has 108 valence electrons. The van der Waals surface area contributed by atoms with Gasteiger partial charge in [0.2, 0.25) is 0 Å². The summed E-state index contributed by atoms with van der Waals surface area (Å²) in [5, 5.41) is 3.70. The Morgan fingerprint density at radius 3 is 2.70 bits per heavy atom. The highest BCUT2D eigenvalue weighted by Crippen LogP contribution is 2.37. The van der Waals surface area contributed by atoms with Gasteiger partial charge in [0.15, 0.2) is 0 Å². The molecule has 0 aliphatic carbocycles. The van der Waals surface area contributed by atoms with Crippen molar-refractivity contribution in [1.82, 2.24) is 5.32 Å². The minimum atomic E-state index is 0.273. The standard InChI is InChI=1S/C16H19BrINS/c1-4-8-19-15(16-13(17)9-11(3)20-16)12-7-5-6-10(2)14(12)18/h5-7,9,15,19H,4,8H2,1-3H3. The van der Waals surface area contributed by atoms with Gasteiger partial charge in [-0.1, -0.05) is 25.1 Å². The molecule has 0 spiro atoms. The Morgan fingerprint density at radius 1 is 1.35 bits per heavy atom. The molecule has 0 bridgehead atoms. The van der Waals surface area contributed by atoms with E-state index in [0.717, 1.165) is 13.0 Å². The fourth-order valence-corrected chi connectivity index (χ4v) is 4.87. The lowest BCUT2D eigenvalue weighted by molar-refractivity contribution is 0.602. The smallest absolute Gasteiger partial charge is 0.0693 e. The molecule has 1 N–H and O–H groups in total. The average molecular weight is 464 g/mol. The summed E-state index contributed by atoms with van der Waals surface area (Å²) in [6.07, 6.45) is 1.14. The molecule has 20 heavy (non-hydrogen) atoms. The lowest BCUT2D eigenvalue weighted by Gasteiger charge is -2.21. The number of hydrogen-bond acceptors (Lipinski definition) is 2. The van der Waals surface area contributed by atoms with Crippen LogP contribution in [0.2, 0.25) is 0 Å². The van der Waals surface area contributed by atoms with Crippen LogP contribution in [0, 0.1) is 17.4 Å². The van der Waals surface area contributed by atoms with Crippen LogP contribution in [0.15, 0.2) is 28.7 Å². The van der Waals surface area contributed by atoms with Gasteiger partial charge in [-0.15, -0.1) is 11.3 Å². The third-order valence-corrected chi connectivity index (χ3v) is 6.74. The number of benzene rings is 1. The van der Waals surface area contributed by atoms with E-state index in [0.29, 0.717) is 0 Å². The van der Waals surface area contributed by atoms with Crippen LogP contribution in [-0.2, 0) is 0 Å². The van der Waals surface area contributed by atoms with Crippen molar-refractivity contribution >= 4 is 49.9 Å². The monoisotopic (exact) mass is 463 g/mol. The Balaban J connectivity index is 2.47. The maximum absolute atomic E-state index is 3.72. The molecule has 1 nitrogen and oxygen atoms in total. The SMILES string of the molecule is CCCNC(c1cccc(C)c1I)c1sc(C)cc1Br. The Hall–Kier alpha value is 0.0900. The van der Waals surface area contributed by atoms with Crippen LogP contribution < -0.4 is 5.32 Å². The molecule has 0 saturated heterocycles. The Morgan fingerprint density at radius 2 is 2.10 bits per heavy atom. The molecule has 1 unspecified atom stereocenters. The van der Waals surface area contributed by atoms with Crippen molar-refractivity contribution in [3.63, 3.8) is 0 Å². The highest BCUT2D eigenvalue weighted by molar-refractivity contribution is 14.1. The van der Waals surface area contributed by atoms with Gasteiger partial charge in [0.1, 0.15) is 0 Å². The van der Waals surface area contributed by atoms with E-state index in [-0.39, 0.29) is 6.04 Å². The second-order valence-electron chi connectivity index (χ2n) is 4.93. The van der Waals surface area contributed by atoms with Crippen molar-refractivity contribution < 1.29 is 0 Å². The third kappa shape index (κ3) is 3.64. The normalized spacial score (nSPS) is 12.7. The second kappa shape index (κ2) is 7.38. The number of thiophene rings is 1. The first-order chi connectivity index (χ1) is 9.54. The molecule has 1 atom stereocenters. The molecule has 0 fully saturated rings. The molecule has 2 aromatic rings. The molecule has 0 amide bonds. The maximum Gasteiger partial charge on any atom is 0.0693 e. The summed E-state index contributed by atoms with van der Waals surface area (Å²) in [4.78, 5) is 2.72. The van der Waals surface area contributed by atoms with Gasteiger partial charge in [-0.05, 0) is 82.5 Å². The largest absolute Gasteiger partial charge is 0.306 e. The quantitative estimate of drug-likeness (QED) is 0.550. The van der Waals surface area contributed by atoms with Crippen molar-refractivity contribution in [2.45, 2.75) is 33.2 Å². The minimum Gasteiger partial charge on any atom is -0.306 e. The second-order valence-corrected chi connectivity index (χ2v) is 8.16. The molecule has 0 radical (unpaired) electrons. The fourth-order valence-electron chi connectivity index (χ4n) is 2.22. The van der Waals surface area contributed by atoms with Crippen LogP contribution in [0.3, 0.4) is 0 Å². The number of rotatable bonds is 5. The molecule has 4 heteroatoms. The number of halogens is 2. The summed E-state index contributed by atoms with van der Waals surface area (Å²) in [5.74, 6) is 0. The summed E-state index contributed by atoms with van der Waals surface area (Å²) < 4.78 is 2.57. The van der Waals surface area contributed by atoms with Gasteiger partial charge in [-0.2, -0.15) is 0 Å². The van der Waals surface area contributed by atoms with Gasteiger partial charge < -0.3 is 5.32 Å². The van der Waals surface area contributed by atoms with E-state index in [9.17, 15) is 0 Å². The van der Waals surface area contributed by atoms with E-state index in [1.165, 1.54) is 28.9 Å². The predicted molar refractivity (Wildman–Crippen MR) is 101 cm³/mol. The van der Waals surface area contributed by atoms with E-state index < -0.39 is 0 Å². The molecular formula is C16H19BrINS. The first kappa shape index (κ1) is 16.5. The van der Waals surface area contributed by atoms with Crippen LogP contribution in [0.4, 0.5) is 0 Å². The first-order valence-electron chi connectivity index (χ1n) is 6.78. The van der Waals surface area contributed by atoms with Gasteiger partial charge in [0.05, 0.1) is 6.04 Å². The Kier molecular flexibility index (Phi) is 6.08. The number of nitrogens with one attached hydrogen (secondary N) is 1. The van der Waals surface area contributed by atoms with E-state index in [2.05, 4.69) is 88.9 Å². The third-order valence-electron chi connectivity index (χ3n) is 3.23. The van der Waals surface area contributed by atoms with Gasteiger partial charge >= 0.3 is 0 Å². The zero-order valence-electron chi connectivity index (χ0n) is 12.0. The molecule has 2 rings (SSSR count). The van der Waals surface area contributed by atoms with Crippen molar-refractivity contribution in [2.24, 2.45) is 0 Å². The zero-order valence-corrected chi connectivity index (χ0v) is 16.5. The van der Waals surface area contributed by atoms with Crippen molar-refractivity contribution in [1.29, 1.82) is 0 Å². The van der Waals surface area contributed by atoms with Crippen LogP contribution >= 0.6 is 49.9 Å². The maximum atomic E-state index is 3.72.